The molecule has 1 saturated heterocycles. The molecule has 0 atom stereocenters. The van der Waals surface area contributed by atoms with Crippen LogP contribution in [0.1, 0.15) is 19.3 Å². The molecule has 1 aliphatic heterocycles. The first-order valence-corrected chi connectivity index (χ1v) is 5.67. The Morgan fingerprint density at radius 3 is 2.71 bits per heavy atom. The number of carbonyl (C=O) groups is 3. The summed E-state index contributed by atoms with van der Waals surface area (Å²) < 4.78 is 0. The van der Waals surface area contributed by atoms with Crippen molar-refractivity contribution in [3.8, 4) is 0 Å². The fraction of sp³-hybridized carbons (Fsp3) is 0.667. The molecule has 1 saturated carbocycles. The number of nitrogens with zero attached hydrogens (tertiary/aromatic N) is 1. The van der Waals surface area contributed by atoms with Crippen molar-refractivity contribution >= 4 is 28.7 Å². The second kappa shape index (κ2) is 3.73. The van der Waals surface area contributed by atoms with E-state index >= 15 is 0 Å². The van der Waals surface area contributed by atoms with Gasteiger partial charge in [0.1, 0.15) is 0 Å². The molecule has 0 spiro atoms. The third kappa shape index (κ3) is 1.97. The van der Waals surface area contributed by atoms with Crippen LogP contribution in [0.4, 0.5) is 4.79 Å². The number of imide groups is 1. The Hall–Kier alpha value is -0.840. The Bertz CT molecular complexity index is 282. The first kappa shape index (κ1) is 9.71. The number of hydrogen-bond donors (Lipinski definition) is 0. The minimum atomic E-state index is -0.268. The molecule has 0 N–H and O–H groups in total. The molecule has 5 heteroatoms. The van der Waals surface area contributed by atoms with E-state index in [0.717, 1.165) is 29.5 Å². The average molecular weight is 213 g/mol. The molecule has 1 aliphatic carbocycles. The number of thioether (sulfide) groups is 1. The van der Waals surface area contributed by atoms with Crippen LogP contribution in [-0.4, -0.2) is 34.1 Å². The van der Waals surface area contributed by atoms with Gasteiger partial charge >= 0.3 is 0 Å². The molecule has 0 bridgehead atoms. The molecule has 1 heterocycles. The molecule has 2 fully saturated rings. The Morgan fingerprint density at radius 2 is 2.14 bits per heavy atom. The van der Waals surface area contributed by atoms with Gasteiger partial charge in [0.15, 0.2) is 5.78 Å². The molecular weight excluding hydrogens is 202 g/mol. The van der Waals surface area contributed by atoms with Crippen LogP contribution in [0.3, 0.4) is 0 Å². The Kier molecular flexibility index (Phi) is 2.58. The highest BCUT2D eigenvalue weighted by molar-refractivity contribution is 8.13. The highest BCUT2D eigenvalue weighted by atomic mass is 32.2. The van der Waals surface area contributed by atoms with Crippen molar-refractivity contribution in [1.29, 1.82) is 0 Å². The molecule has 4 nitrogen and oxygen atoms in total. The topological polar surface area (TPSA) is 54.5 Å². The summed E-state index contributed by atoms with van der Waals surface area (Å²) in [7, 11) is 0. The summed E-state index contributed by atoms with van der Waals surface area (Å²) in [4.78, 5) is 35.1. The fourth-order valence-electron chi connectivity index (χ4n) is 1.38. The van der Waals surface area contributed by atoms with Crippen LogP contribution in [0, 0.1) is 5.92 Å². The van der Waals surface area contributed by atoms with Gasteiger partial charge in [0.05, 0.1) is 6.54 Å². The van der Waals surface area contributed by atoms with E-state index in [4.69, 9.17) is 0 Å². The SMILES string of the molecule is O=C(CN1C(=O)CCSC1=O)C1CC1. The van der Waals surface area contributed by atoms with Crippen LogP contribution in [0.15, 0.2) is 0 Å². The molecule has 0 radical (unpaired) electrons. The van der Waals surface area contributed by atoms with E-state index in [2.05, 4.69) is 0 Å². The van der Waals surface area contributed by atoms with Gasteiger partial charge in [-0.1, -0.05) is 11.8 Å². The number of hydrogen-bond acceptors (Lipinski definition) is 4. The third-order valence-corrected chi connectivity index (χ3v) is 3.29. The number of rotatable bonds is 3. The first-order valence-electron chi connectivity index (χ1n) is 4.68. The number of amides is 2. The van der Waals surface area contributed by atoms with Gasteiger partial charge in [0, 0.05) is 18.1 Å². The summed E-state index contributed by atoms with van der Waals surface area (Å²) in [6, 6.07) is 0. The molecular formula is C9H11NO3S. The summed E-state index contributed by atoms with van der Waals surface area (Å²) in [5.41, 5.74) is 0. The highest BCUT2D eigenvalue weighted by Gasteiger charge is 2.34. The van der Waals surface area contributed by atoms with Crippen LogP contribution >= 0.6 is 11.8 Å². The van der Waals surface area contributed by atoms with Crippen molar-refractivity contribution in [3.63, 3.8) is 0 Å². The molecule has 0 unspecified atom stereocenters. The molecule has 0 aromatic heterocycles. The van der Waals surface area contributed by atoms with Crippen molar-refractivity contribution in [3.05, 3.63) is 0 Å². The van der Waals surface area contributed by atoms with Gasteiger partial charge in [-0.05, 0) is 12.8 Å². The Labute approximate surface area is 86.0 Å². The Morgan fingerprint density at radius 1 is 1.43 bits per heavy atom. The van der Waals surface area contributed by atoms with Gasteiger partial charge in [-0.25, -0.2) is 0 Å². The van der Waals surface area contributed by atoms with Gasteiger partial charge in [0.2, 0.25) is 5.91 Å². The summed E-state index contributed by atoms with van der Waals surface area (Å²) in [5.74, 6) is 0.491. The lowest BCUT2D eigenvalue weighted by molar-refractivity contribution is -0.132. The largest absolute Gasteiger partial charge is 0.297 e. The van der Waals surface area contributed by atoms with E-state index in [1.807, 2.05) is 0 Å². The van der Waals surface area contributed by atoms with Crippen molar-refractivity contribution in [2.75, 3.05) is 12.3 Å². The molecule has 2 aliphatic rings. The predicted molar refractivity (Wildman–Crippen MR) is 51.9 cm³/mol. The maximum absolute atomic E-state index is 11.4. The van der Waals surface area contributed by atoms with Crippen molar-refractivity contribution in [1.82, 2.24) is 4.90 Å². The van der Waals surface area contributed by atoms with Gasteiger partial charge in [0.25, 0.3) is 5.24 Å². The van der Waals surface area contributed by atoms with Gasteiger partial charge in [-0.15, -0.1) is 0 Å². The van der Waals surface area contributed by atoms with Crippen LogP contribution in [-0.2, 0) is 9.59 Å². The summed E-state index contributed by atoms with van der Waals surface area (Å²) in [5, 5.41) is -0.268. The average Bonchev–Trinajstić information content (AvgIpc) is 2.94. The minimum absolute atomic E-state index is 0.00463. The van der Waals surface area contributed by atoms with Gasteiger partial charge in [-0.3, -0.25) is 19.3 Å². The zero-order valence-electron chi connectivity index (χ0n) is 7.69. The van der Waals surface area contributed by atoms with E-state index in [1.54, 1.807) is 0 Å². The second-order valence-corrected chi connectivity index (χ2v) is 4.63. The van der Waals surface area contributed by atoms with E-state index < -0.39 is 0 Å². The molecule has 0 aromatic rings. The molecule has 0 aromatic carbocycles. The predicted octanol–water partition coefficient (Wildman–Crippen LogP) is 1.05. The number of ketones is 1. The first-order chi connectivity index (χ1) is 6.68. The van der Waals surface area contributed by atoms with Crippen LogP contribution in [0.2, 0.25) is 0 Å². The van der Waals surface area contributed by atoms with Crippen molar-refractivity contribution in [2.45, 2.75) is 19.3 Å². The van der Waals surface area contributed by atoms with Crippen LogP contribution in [0.5, 0.6) is 0 Å². The Balaban J connectivity index is 1.96. The lowest BCUT2D eigenvalue weighted by atomic mass is 10.2. The number of carbonyl (C=O) groups excluding carboxylic acids is 3. The maximum atomic E-state index is 11.4. The lowest BCUT2D eigenvalue weighted by Gasteiger charge is -2.23. The summed E-state index contributed by atoms with van der Waals surface area (Å²) >= 11 is 1.12. The second-order valence-electron chi connectivity index (χ2n) is 3.58. The normalized spacial score (nSPS) is 22.7. The van der Waals surface area contributed by atoms with E-state index in [9.17, 15) is 14.4 Å². The monoisotopic (exact) mass is 213 g/mol. The maximum Gasteiger partial charge on any atom is 0.288 e. The quantitative estimate of drug-likeness (QED) is 0.703. The summed E-state index contributed by atoms with van der Waals surface area (Å²) in [6.07, 6.45) is 2.21. The van der Waals surface area contributed by atoms with E-state index in [-0.39, 0.29) is 29.4 Å². The minimum Gasteiger partial charge on any atom is -0.297 e. The molecule has 76 valence electrons. The molecule has 2 amide bonds. The molecule has 14 heavy (non-hydrogen) atoms. The summed E-state index contributed by atoms with van der Waals surface area (Å²) in [6.45, 7) is -0.00463. The van der Waals surface area contributed by atoms with Gasteiger partial charge < -0.3 is 0 Å². The van der Waals surface area contributed by atoms with Crippen LogP contribution < -0.4 is 0 Å². The van der Waals surface area contributed by atoms with Crippen LogP contribution in [0.25, 0.3) is 0 Å². The third-order valence-electron chi connectivity index (χ3n) is 2.41. The zero-order chi connectivity index (χ0) is 10.1. The number of Topliss-reactive ketones (excluding diaryl/α,β-unsaturated/α-hetero) is 1. The lowest BCUT2D eigenvalue weighted by Crippen LogP contribution is -2.41. The molecule has 2 rings (SSSR count). The fourth-order valence-corrected chi connectivity index (χ4v) is 2.16. The van der Waals surface area contributed by atoms with E-state index in [0.29, 0.717) is 12.2 Å². The smallest absolute Gasteiger partial charge is 0.288 e. The van der Waals surface area contributed by atoms with Crippen molar-refractivity contribution in [2.24, 2.45) is 5.92 Å². The van der Waals surface area contributed by atoms with E-state index in [1.165, 1.54) is 0 Å². The van der Waals surface area contributed by atoms with Crippen molar-refractivity contribution < 1.29 is 14.4 Å². The highest BCUT2D eigenvalue weighted by Crippen LogP contribution is 2.30. The zero-order valence-corrected chi connectivity index (χ0v) is 8.51. The van der Waals surface area contributed by atoms with Gasteiger partial charge in [-0.2, -0.15) is 0 Å². The standard InChI is InChI=1S/C9H11NO3S/c11-7(6-1-2-6)5-10-8(12)3-4-14-9(10)13/h6H,1-5H2.